The summed E-state index contributed by atoms with van der Waals surface area (Å²) in [5.74, 6) is 0. The molecule has 0 unspecified atom stereocenters. The summed E-state index contributed by atoms with van der Waals surface area (Å²) in [4.78, 5) is -0.342. The maximum atomic E-state index is 12.0. The van der Waals surface area contributed by atoms with Gasteiger partial charge in [-0.05, 0) is 24.3 Å². The van der Waals surface area contributed by atoms with Crippen LogP contribution in [0.4, 0.5) is 13.2 Å². The van der Waals surface area contributed by atoms with Crippen molar-refractivity contribution in [1.82, 2.24) is 0 Å². The van der Waals surface area contributed by atoms with Crippen LogP contribution in [0, 0.1) is 0 Å². The number of hydrogen-bond acceptors (Lipinski definition) is 2. The molecule has 3 nitrogen and oxygen atoms in total. The smallest absolute Gasteiger partial charge is 1.00 e. The standard InChI is InChI=1S/C7H6F3NO2S.K.H/c8-7(9,10)5-1-3-6(4-2-5)14(11,12)13;;/h1-4H,(H2,11,12,13);;/q;+1;-1. The summed E-state index contributed by atoms with van der Waals surface area (Å²) in [5, 5.41) is 4.71. The zero-order valence-electron chi connectivity index (χ0n) is 8.75. The van der Waals surface area contributed by atoms with E-state index < -0.39 is 21.8 Å². The Morgan fingerprint density at radius 1 is 1.13 bits per heavy atom. The van der Waals surface area contributed by atoms with Crippen LogP contribution in [-0.4, -0.2) is 8.42 Å². The van der Waals surface area contributed by atoms with Gasteiger partial charge in [0.2, 0.25) is 10.0 Å². The molecule has 0 fully saturated rings. The number of alkyl halides is 3. The molecule has 0 aromatic heterocycles. The van der Waals surface area contributed by atoms with Crippen molar-refractivity contribution in [2.75, 3.05) is 0 Å². The molecule has 80 valence electrons. The molecule has 0 radical (unpaired) electrons. The van der Waals surface area contributed by atoms with Crippen LogP contribution in [0.15, 0.2) is 29.2 Å². The van der Waals surface area contributed by atoms with Crippen molar-refractivity contribution in [3.63, 3.8) is 0 Å². The largest absolute Gasteiger partial charge is 1.00 e. The molecule has 0 aliphatic carbocycles. The summed E-state index contributed by atoms with van der Waals surface area (Å²) in [7, 11) is -3.93. The van der Waals surface area contributed by atoms with Crippen LogP contribution in [0.3, 0.4) is 0 Å². The van der Waals surface area contributed by atoms with Gasteiger partial charge in [-0.15, -0.1) is 0 Å². The van der Waals surface area contributed by atoms with E-state index in [1.165, 1.54) is 0 Å². The molecule has 0 saturated carbocycles. The van der Waals surface area contributed by atoms with Crippen molar-refractivity contribution in [2.24, 2.45) is 5.14 Å². The fourth-order valence-electron chi connectivity index (χ4n) is 0.834. The number of primary sulfonamides is 1. The van der Waals surface area contributed by atoms with E-state index in [2.05, 4.69) is 0 Å². The first kappa shape index (κ1) is 15.6. The predicted octanol–water partition coefficient (Wildman–Crippen LogP) is -1.53. The Morgan fingerprint density at radius 2 is 1.53 bits per heavy atom. The summed E-state index contributed by atoms with van der Waals surface area (Å²) < 4.78 is 57.5. The first-order valence-corrected chi connectivity index (χ1v) is 4.96. The maximum absolute atomic E-state index is 12.0. The molecule has 2 N–H and O–H groups in total. The zero-order valence-corrected chi connectivity index (χ0v) is 11.7. The fourth-order valence-corrected chi connectivity index (χ4v) is 1.35. The first-order valence-electron chi connectivity index (χ1n) is 3.41. The average molecular weight is 265 g/mol. The summed E-state index contributed by atoms with van der Waals surface area (Å²) in [6.45, 7) is 0. The third-order valence-corrected chi connectivity index (χ3v) is 2.44. The molecule has 0 atom stereocenters. The summed E-state index contributed by atoms with van der Waals surface area (Å²) in [5.41, 5.74) is -0.912. The Labute approximate surface area is 129 Å². The van der Waals surface area contributed by atoms with Gasteiger partial charge in [0.25, 0.3) is 0 Å². The van der Waals surface area contributed by atoms with Gasteiger partial charge in [0.1, 0.15) is 0 Å². The molecule has 1 rings (SSSR count). The summed E-state index contributed by atoms with van der Waals surface area (Å²) in [6.07, 6.45) is -4.48. The third-order valence-electron chi connectivity index (χ3n) is 1.51. The van der Waals surface area contributed by atoms with Gasteiger partial charge in [0.15, 0.2) is 0 Å². The molecule has 0 spiro atoms. The van der Waals surface area contributed by atoms with Gasteiger partial charge in [-0.25, -0.2) is 13.6 Å². The van der Waals surface area contributed by atoms with Gasteiger partial charge in [-0.2, -0.15) is 13.2 Å². The minimum absolute atomic E-state index is 0. The normalized spacial score (nSPS) is 12.0. The fraction of sp³-hybridized carbons (Fsp3) is 0.143. The molecule has 8 heteroatoms. The Kier molecular flexibility index (Phi) is 5.45. The van der Waals surface area contributed by atoms with E-state index in [0.717, 1.165) is 12.1 Å². The number of sulfonamides is 1. The van der Waals surface area contributed by atoms with Crippen LogP contribution in [0.5, 0.6) is 0 Å². The molecule has 0 amide bonds. The molecule has 0 heterocycles. The van der Waals surface area contributed by atoms with Gasteiger partial charge >= 0.3 is 57.6 Å². The van der Waals surface area contributed by atoms with Crippen molar-refractivity contribution in [2.45, 2.75) is 11.1 Å². The number of nitrogens with two attached hydrogens (primary N) is 1. The quantitative estimate of drug-likeness (QED) is 0.626. The van der Waals surface area contributed by atoms with Gasteiger partial charge < -0.3 is 1.43 Å². The Balaban J connectivity index is 0. The van der Waals surface area contributed by atoms with Crippen LogP contribution in [0.25, 0.3) is 0 Å². The molecule has 0 aliphatic heterocycles. The molecule has 15 heavy (non-hydrogen) atoms. The van der Waals surface area contributed by atoms with Gasteiger partial charge in [-0.3, -0.25) is 0 Å². The predicted molar refractivity (Wildman–Crippen MR) is 43.9 cm³/mol. The Morgan fingerprint density at radius 3 is 1.80 bits per heavy atom. The molecule has 0 bridgehead atoms. The molecular weight excluding hydrogens is 258 g/mol. The van der Waals surface area contributed by atoms with Crippen LogP contribution in [0.1, 0.15) is 6.99 Å². The summed E-state index contributed by atoms with van der Waals surface area (Å²) >= 11 is 0. The van der Waals surface area contributed by atoms with Crippen molar-refractivity contribution >= 4 is 10.0 Å². The van der Waals surface area contributed by atoms with Crippen LogP contribution >= 0.6 is 0 Å². The SMILES string of the molecule is NS(=O)(=O)c1ccc(C(F)(F)F)cc1.[H-].[K+]. The van der Waals surface area contributed by atoms with E-state index >= 15 is 0 Å². The van der Waals surface area contributed by atoms with Crippen molar-refractivity contribution in [3.8, 4) is 0 Å². The molecule has 0 saturated heterocycles. The Hall–Kier alpha value is 0.556. The van der Waals surface area contributed by atoms with E-state index in [-0.39, 0.29) is 57.7 Å². The van der Waals surface area contributed by atoms with E-state index in [1.807, 2.05) is 0 Å². The second-order valence-corrected chi connectivity index (χ2v) is 4.13. The van der Waals surface area contributed by atoms with E-state index in [0.29, 0.717) is 12.1 Å². The molecule has 0 aliphatic rings. The molecule has 1 aromatic carbocycles. The van der Waals surface area contributed by atoms with E-state index in [1.54, 1.807) is 0 Å². The zero-order chi connectivity index (χ0) is 11.0. The van der Waals surface area contributed by atoms with Gasteiger partial charge in [0, 0.05) is 0 Å². The van der Waals surface area contributed by atoms with Gasteiger partial charge in [-0.1, -0.05) is 0 Å². The number of hydrogen-bond donors (Lipinski definition) is 1. The van der Waals surface area contributed by atoms with Crippen LogP contribution < -0.4 is 56.5 Å². The number of halogens is 3. The summed E-state index contributed by atoms with van der Waals surface area (Å²) in [6, 6.07) is 2.97. The molecular formula is C7H7F3KNO2S. The van der Waals surface area contributed by atoms with Crippen LogP contribution in [0.2, 0.25) is 0 Å². The van der Waals surface area contributed by atoms with E-state index in [4.69, 9.17) is 5.14 Å². The van der Waals surface area contributed by atoms with Gasteiger partial charge in [0.05, 0.1) is 10.5 Å². The minimum atomic E-state index is -4.48. The minimum Gasteiger partial charge on any atom is -1.00 e. The van der Waals surface area contributed by atoms with Crippen molar-refractivity contribution in [3.05, 3.63) is 29.8 Å². The monoisotopic (exact) mass is 265 g/mol. The second-order valence-electron chi connectivity index (χ2n) is 2.57. The maximum Gasteiger partial charge on any atom is 1.00 e. The third kappa shape index (κ3) is 4.51. The first-order chi connectivity index (χ1) is 6.21. The topological polar surface area (TPSA) is 60.2 Å². The van der Waals surface area contributed by atoms with Crippen LogP contribution in [-0.2, 0) is 16.2 Å². The number of rotatable bonds is 1. The second kappa shape index (κ2) is 5.26. The average Bonchev–Trinajstić information content (AvgIpc) is 2.01. The van der Waals surface area contributed by atoms with Crippen molar-refractivity contribution in [1.29, 1.82) is 0 Å². The van der Waals surface area contributed by atoms with Crippen molar-refractivity contribution < 1.29 is 74.4 Å². The Bertz CT molecular complexity index is 432. The van der Waals surface area contributed by atoms with E-state index in [9.17, 15) is 21.6 Å². The number of benzene rings is 1. The molecule has 1 aromatic rings.